The molecule has 2 heterocycles. The van der Waals surface area contributed by atoms with E-state index >= 15 is 0 Å². The molecule has 0 aliphatic carbocycles. The van der Waals surface area contributed by atoms with Crippen molar-refractivity contribution in [2.24, 2.45) is 0 Å². The third kappa shape index (κ3) is 15.1. The van der Waals surface area contributed by atoms with Gasteiger partial charge in [-0.15, -0.1) is 0 Å². The Hall–Kier alpha value is -3.09. The monoisotopic (exact) mass is 820 g/mol. The summed E-state index contributed by atoms with van der Waals surface area (Å²) < 4.78 is 28.7. The highest BCUT2D eigenvalue weighted by Gasteiger charge is 2.34. The van der Waals surface area contributed by atoms with E-state index in [1.807, 2.05) is 65.8 Å². The second-order valence-electron chi connectivity index (χ2n) is 16.4. The molecule has 13 heteroatoms. The number of carbonyl (C=O) groups is 2. The molecule has 2 aliphatic rings. The molecular weight excluding hydrogens is 767 g/mol. The smallest absolute Gasteiger partial charge is 0.307 e. The van der Waals surface area contributed by atoms with E-state index in [9.17, 15) is 14.7 Å². The number of para-hydroxylation sites is 1. The molecule has 2 aliphatic heterocycles. The molecule has 0 radical (unpaired) electrons. The fourth-order valence-corrected chi connectivity index (χ4v) is 6.91. The molecule has 302 valence electrons. The predicted molar refractivity (Wildman–Crippen MR) is 216 cm³/mol. The van der Waals surface area contributed by atoms with Crippen molar-refractivity contribution in [1.82, 2.24) is 9.80 Å². The van der Waals surface area contributed by atoms with E-state index in [0.717, 1.165) is 30.8 Å². The minimum Gasteiger partial charge on any atom is -0.508 e. The van der Waals surface area contributed by atoms with E-state index in [-0.39, 0.29) is 35.5 Å². The first kappa shape index (κ1) is 44.6. The van der Waals surface area contributed by atoms with E-state index in [2.05, 4.69) is 23.6 Å². The summed E-state index contributed by atoms with van der Waals surface area (Å²) in [4.78, 5) is 28.4. The molecular formula is C42H55Cl3N2O8. The van der Waals surface area contributed by atoms with Crippen LogP contribution in [0.25, 0.3) is 0 Å². The van der Waals surface area contributed by atoms with E-state index in [1.165, 1.54) is 0 Å². The van der Waals surface area contributed by atoms with Crippen LogP contribution in [0.5, 0.6) is 17.2 Å². The molecule has 0 saturated carbocycles. The highest BCUT2D eigenvalue weighted by Crippen LogP contribution is 2.40. The largest absolute Gasteiger partial charge is 0.508 e. The number of aromatic hydroxyl groups is 1. The third-order valence-corrected chi connectivity index (χ3v) is 9.36. The Morgan fingerprint density at radius 2 is 1.33 bits per heavy atom. The predicted octanol–water partition coefficient (Wildman–Crippen LogP) is 9.82. The van der Waals surface area contributed by atoms with Gasteiger partial charge in [0.25, 0.3) is 0 Å². The van der Waals surface area contributed by atoms with Crippen LogP contribution in [0, 0.1) is 0 Å². The van der Waals surface area contributed by atoms with E-state index in [1.54, 1.807) is 36.4 Å². The zero-order chi connectivity index (χ0) is 40.6. The van der Waals surface area contributed by atoms with Gasteiger partial charge in [0, 0.05) is 39.3 Å². The van der Waals surface area contributed by atoms with Gasteiger partial charge in [-0.2, -0.15) is 0 Å². The summed E-state index contributed by atoms with van der Waals surface area (Å²) in [6.45, 7) is 20.1. The summed E-state index contributed by atoms with van der Waals surface area (Å²) in [7, 11) is 0. The van der Waals surface area contributed by atoms with Crippen molar-refractivity contribution in [1.29, 1.82) is 0 Å². The van der Waals surface area contributed by atoms with Gasteiger partial charge in [-0.25, -0.2) is 0 Å². The number of rotatable bonds is 10. The van der Waals surface area contributed by atoms with Crippen LogP contribution in [0.2, 0.25) is 15.1 Å². The number of carbonyl (C=O) groups excluding carboxylic acids is 2. The molecule has 1 N–H and O–H groups in total. The van der Waals surface area contributed by atoms with E-state index in [4.69, 9.17) is 58.5 Å². The van der Waals surface area contributed by atoms with Crippen molar-refractivity contribution < 1.29 is 38.4 Å². The van der Waals surface area contributed by atoms with Crippen LogP contribution < -0.4 is 4.74 Å². The van der Waals surface area contributed by atoms with Gasteiger partial charge in [0.05, 0.1) is 52.3 Å². The standard InChI is InChI=1S/C23H26Cl3NO4.C19H29NO4/c1-23(2,3)31-21(28)9-10-27-11-12-29-20(14-27)15-7-8-19(18(26)13-15)30-22-16(24)5-4-6-17(22)25;1-18(2,3)24-17(22)10-11-20-12-16(23-19(4,5)13-20)14-6-8-15(21)9-7-14/h4-8,13,20H,9-12,14H2,1-3H3;6-9,16,21H,10-13H2,1-5H3. The number of halogens is 3. The van der Waals surface area contributed by atoms with Crippen LogP contribution in [0.1, 0.15) is 91.6 Å². The molecule has 0 spiro atoms. The van der Waals surface area contributed by atoms with Crippen molar-refractivity contribution in [3.05, 3.63) is 86.9 Å². The topological polar surface area (TPSA) is 107 Å². The van der Waals surface area contributed by atoms with Crippen LogP contribution >= 0.6 is 34.8 Å². The summed E-state index contributed by atoms with van der Waals surface area (Å²) >= 11 is 18.8. The maximum Gasteiger partial charge on any atom is 0.307 e. The SMILES string of the molecule is CC(C)(C)OC(=O)CCN1CC(c2ccc(O)cc2)OC(C)(C)C1.CC(C)(C)OC(=O)CCN1CCOC(c2ccc(Oc3c(Cl)cccc3Cl)c(Cl)c2)C1. The zero-order valence-electron chi connectivity index (χ0n) is 33.1. The lowest BCUT2D eigenvalue weighted by molar-refractivity contribution is -0.159. The normalized spacial score (nSPS) is 19.2. The minimum absolute atomic E-state index is 0.0759. The number of benzene rings is 3. The second-order valence-corrected chi connectivity index (χ2v) is 17.6. The maximum atomic E-state index is 12.0. The highest BCUT2D eigenvalue weighted by atomic mass is 35.5. The Kier molecular flexibility index (Phi) is 15.7. The van der Waals surface area contributed by atoms with Crippen molar-refractivity contribution in [3.8, 4) is 17.2 Å². The highest BCUT2D eigenvalue weighted by molar-refractivity contribution is 6.37. The van der Waals surface area contributed by atoms with Crippen molar-refractivity contribution in [3.63, 3.8) is 0 Å². The van der Waals surface area contributed by atoms with E-state index < -0.39 is 11.2 Å². The van der Waals surface area contributed by atoms with Gasteiger partial charge in [0.15, 0.2) is 5.75 Å². The lowest BCUT2D eigenvalue weighted by Crippen LogP contribution is -2.50. The fraction of sp³-hybridized carbons (Fsp3) is 0.524. The molecule has 2 fully saturated rings. The molecule has 3 aromatic carbocycles. The van der Waals surface area contributed by atoms with Gasteiger partial charge >= 0.3 is 11.9 Å². The Bertz CT molecular complexity index is 1720. The molecule has 2 unspecified atom stereocenters. The number of phenols is 1. The van der Waals surface area contributed by atoms with Crippen molar-refractivity contribution in [2.45, 2.75) is 97.2 Å². The second kappa shape index (κ2) is 19.4. The Labute approximate surface area is 340 Å². The van der Waals surface area contributed by atoms with Gasteiger partial charge in [0.1, 0.15) is 22.7 Å². The van der Waals surface area contributed by atoms with Crippen LogP contribution in [0.3, 0.4) is 0 Å². The molecule has 0 bridgehead atoms. The summed E-state index contributed by atoms with van der Waals surface area (Å²) in [5.74, 6) is 0.697. The van der Waals surface area contributed by atoms with Gasteiger partial charge in [0.2, 0.25) is 0 Å². The zero-order valence-corrected chi connectivity index (χ0v) is 35.4. The summed E-state index contributed by atoms with van der Waals surface area (Å²) in [6, 6.07) is 17.8. The number of hydrogen-bond acceptors (Lipinski definition) is 10. The van der Waals surface area contributed by atoms with Gasteiger partial charge in [-0.3, -0.25) is 19.4 Å². The number of ether oxygens (including phenoxy) is 5. The molecule has 10 nitrogen and oxygen atoms in total. The van der Waals surface area contributed by atoms with Crippen molar-refractivity contribution >= 4 is 46.7 Å². The van der Waals surface area contributed by atoms with Crippen LogP contribution in [0.4, 0.5) is 0 Å². The minimum atomic E-state index is -0.473. The number of hydrogen-bond donors (Lipinski definition) is 1. The van der Waals surface area contributed by atoms with E-state index in [0.29, 0.717) is 65.6 Å². The lowest BCUT2D eigenvalue weighted by Gasteiger charge is -2.43. The first-order valence-corrected chi connectivity index (χ1v) is 19.7. The number of esters is 2. The van der Waals surface area contributed by atoms with Gasteiger partial charge in [-0.1, -0.05) is 59.1 Å². The first-order valence-electron chi connectivity index (χ1n) is 18.5. The summed E-state index contributed by atoms with van der Waals surface area (Å²) in [5.41, 5.74) is 0.747. The molecule has 3 aromatic rings. The molecule has 2 atom stereocenters. The molecule has 0 aromatic heterocycles. The number of nitrogens with zero attached hydrogens (tertiary/aromatic N) is 2. The first-order chi connectivity index (χ1) is 25.7. The van der Waals surface area contributed by atoms with Crippen LogP contribution in [-0.4, -0.2) is 89.5 Å². The molecule has 2 saturated heterocycles. The average molecular weight is 822 g/mol. The maximum absolute atomic E-state index is 12.0. The van der Waals surface area contributed by atoms with Crippen LogP contribution in [0.15, 0.2) is 60.7 Å². The Morgan fingerprint density at radius 1 is 0.782 bits per heavy atom. The number of morpholine rings is 2. The quantitative estimate of drug-likeness (QED) is 0.199. The Balaban J connectivity index is 0.000000253. The van der Waals surface area contributed by atoms with Gasteiger partial charge in [-0.05, 0) is 103 Å². The molecule has 0 amide bonds. The summed E-state index contributed by atoms with van der Waals surface area (Å²) in [6.07, 6.45) is 0.488. The lowest BCUT2D eigenvalue weighted by atomic mass is 10.0. The third-order valence-electron chi connectivity index (χ3n) is 8.47. The molecule has 5 rings (SSSR count). The van der Waals surface area contributed by atoms with Gasteiger partial charge < -0.3 is 28.8 Å². The average Bonchev–Trinajstić information content (AvgIpc) is 3.07. The van der Waals surface area contributed by atoms with Crippen LogP contribution in [-0.2, 0) is 28.5 Å². The fourth-order valence-electron chi connectivity index (χ4n) is 6.21. The van der Waals surface area contributed by atoms with Crippen molar-refractivity contribution in [2.75, 3.05) is 45.9 Å². The Morgan fingerprint density at radius 3 is 1.89 bits per heavy atom. The number of phenolic OH excluding ortho intramolecular Hbond substituents is 1. The summed E-state index contributed by atoms with van der Waals surface area (Å²) in [5, 5.41) is 10.7. The molecule has 55 heavy (non-hydrogen) atoms.